The standard InChI is InChI=1S/C10H13Cl2N3O4S/c1-5-7(8(13)14-19-5)20(17,18)15-6(16)3-9(2)4-10(9,11)12/h3-4H2,1-2H3,(H2,13,14)(H,15,16). The molecule has 0 radical (unpaired) electrons. The second-order valence-corrected chi connectivity index (χ2v) is 8.20. The van der Waals surface area contributed by atoms with Gasteiger partial charge in [0.05, 0.1) is 0 Å². The lowest BCUT2D eigenvalue weighted by atomic mass is 10.1. The number of rotatable bonds is 4. The van der Waals surface area contributed by atoms with Crippen LogP contribution in [0.4, 0.5) is 5.82 Å². The highest BCUT2D eigenvalue weighted by atomic mass is 35.5. The number of carbonyl (C=O) groups is 1. The topological polar surface area (TPSA) is 115 Å². The highest BCUT2D eigenvalue weighted by Gasteiger charge is 2.63. The van der Waals surface area contributed by atoms with E-state index in [4.69, 9.17) is 28.9 Å². The van der Waals surface area contributed by atoms with Gasteiger partial charge in [0.15, 0.2) is 16.5 Å². The van der Waals surface area contributed by atoms with Crippen molar-refractivity contribution < 1.29 is 17.7 Å². The third-order valence-electron chi connectivity index (χ3n) is 3.27. The molecule has 1 fully saturated rings. The molecule has 0 bridgehead atoms. The van der Waals surface area contributed by atoms with E-state index in [0.29, 0.717) is 6.42 Å². The van der Waals surface area contributed by atoms with E-state index < -0.39 is 25.7 Å². The van der Waals surface area contributed by atoms with Crippen LogP contribution >= 0.6 is 23.2 Å². The van der Waals surface area contributed by atoms with Crippen LogP contribution in [0.25, 0.3) is 0 Å². The highest BCUT2D eigenvalue weighted by molar-refractivity contribution is 7.90. The summed E-state index contributed by atoms with van der Waals surface area (Å²) in [6, 6.07) is 0. The lowest BCUT2D eigenvalue weighted by Crippen LogP contribution is -2.33. The zero-order valence-corrected chi connectivity index (χ0v) is 13.1. The second kappa shape index (κ2) is 4.51. The molecule has 2 rings (SSSR count). The molecule has 1 aromatic rings. The van der Waals surface area contributed by atoms with Crippen LogP contribution in [0.2, 0.25) is 0 Å². The number of nitrogens with zero attached hydrogens (tertiary/aromatic N) is 1. The third-order valence-corrected chi connectivity index (χ3v) is 5.98. The van der Waals surface area contributed by atoms with Gasteiger partial charge >= 0.3 is 0 Å². The Bertz CT molecular complexity index is 651. The molecule has 0 saturated heterocycles. The lowest BCUT2D eigenvalue weighted by Gasteiger charge is -2.12. The maximum Gasteiger partial charge on any atom is 0.271 e. The number of amides is 1. The average molecular weight is 342 g/mol. The Hall–Kier alpha value is -0.990. The fourth-order valence-electron chi connectivity index (χ4n) is 1.94. The van der Waals surface area contributed by atoms with Gasteiger partial charge in [-0.2, -0.15) is 0 Å². The summed E-state index contributed by atoms with van der Waals surface area (Å²) in [4.78, 5) is 11.5. The van der Waals surface area contributed by atoms with E-state index in [-0.39, 0.29) is 22.9 Å². The summed E-state index contributed by atoms with van der Waals surface area (Å²) in [7, 11) is -4.13. The molecule has 1 amide bonds. The number of hydrogen-bond acceptors (Lipinski definition) is 6. The molecule has 3 N–H and O–H groups in total. The lowest BCUT2D eigenvalue weighted by molar-refractivity contribution is -0.120. The molecule has 1 aliphatic carbocycles. The summed E-state index contributed by atoms with van der Waals surface area (Å²) in [6.45, 7) is 3.09. The van der Waals surface area contributed by atoms with E-state index in [1.54, 1.807) is 6.92 Å². The fourth-order valence-corrected chi connectivity index (χ4v) is 3.86. The predicted octanol–water partition coefficient (Wildman–Crippen LogP) is 1.34. The largest absolute Gasteiger partial charge is 0.380 e. The molecule has 1 unspecified atom stereocenters. The van der Waals surface area contributed by atoms with E-state index in [2.05, 4.69) is 9.68 Å². The molecule has 0 aliphatic heterocycles. The van der Waals surface area contributed by atoms with Crippen molar-refractivity contribution in [3.63, 3.8) is 0 Å². The van der Waals surface area contributed by atoms with Crippen molar-refractivity contribution in [1.29, 1.82) is 0 Å². The van der Waals surface area contributed by atoms with Crippen molar-refractivity contribution in [2.75, 3.05) is 5.73 Å². The van der Waals surface area contributed by atoms with Crippen molar-refractivity contribution in [2.45, 2.75) is 35.9 Å². The van der Waals surface area contributed by atoms with E-state index in [1.165, 1.54) is 6.92 Å². The zero-order valence-electron chi connectivity index (χ0n) is 10.7. The molecule has 1 aliphatic rings. The van der Waals surface area contributed by atoms with Crippen LogP contribution in [0.15, 0.2) is 9.42 Å². The SMILES string of the molecule is Cc1onc(N)c1S(=O)(=O)NC(=O)CC1(C)CC1(Cl)Cl. The van der Waals surface area contributed by atoms with Gasteiger partial charge in [-0.05, 0) is 13.3 Å². The summed E-state index contributed by atoms with van der Waals surface area (Å²) in [5, 5.41) is 3.33. The monoisotopic (exact) mass is 341 g/mol. The van der Waals surface area contributed by atoms with Crippen molar-refractivity contribution in [3.8, 4) is 0 Å². The Morgan fingerprint density at radius 2 is 2.10 bits per heavy atom. The Morgan fingerprint density at radius 3 is 2.50 bits per heavy atom. The minimum absolute atomic E-state index is 0.00414. The maximum absolute atomic E-state index is 12.0. The molecule has 112 valence electrons. The molecule has 1 saturated carbocycles. The van der Waals surface area contributed by atoms with Gasteiger partial charge in [-0.1, -0.05) is 12.1 Å². The molecule has 10 heteroatoms. The zero-order chi connectivity index (χ0) is 15.3. The smallest absolute Gasteiger partial charge is 0.271 e. The van der Waals surface area contributed by atoms with Crippen molar-refractivity contribution >= 4 is 45.0 Å². The summed E-state index contributed by atoms with van der Waals surface area (Å²) in [6.07, 6.45) is 0.314. The van der Waals surface area contributed by atoms with Gasteiger partial charge in [-0.25, -0.2) is 13.1 Å². The van der Waals surface area contributed by atoms with Crippen LogP contribution in [0.5, 0.6) is 0 Å². The number of anilines is 1. The number of sulfonamides is 1. The van der Waals surface area contributed by atoms with E-state index in [9.17, 15) is 13.2 Å². The molecule has 0 spiro atoms. The van der Waals surface area contributed by atoms with Crippen molar-refractivity contribution in [3.05, 3.63) is 5.76 Å². The molecule has 1 aromatic heterocycles. The molecule has 20 heavy (non-hydrogen) atoms. The van der Waals surface area contributed by atoms with Crippen LogP contribution in [0.1, 0.15) is 25.5 Å². The van der Waals surface area contributed by atoms with Crippen LogP contribution < -0.4 is 10.5 Å². The van der Waals surface area contributed by atoms with Gasteiger partial charge in [-0.15, -0.1) is 23.2 Å². The van der Waals surface area contributed by atoms with Crippen molar-refractivity contribution in [1.82, 2.24) is 9.88 Å². The summed E-state index contributed by atoms with van der Waals surface area (Å²) >= 11 is 11.8. The normalized spacial score (nSPS) is 24.4. The van der Waals surface area contributed by atoms with Crippen LogP contribution in [0, 0.1) is 12.3 Å². The van der Waals surface area contributed by atoms with Gasteiger partial charge in [0, 0.05) is 11.8 Å². The number of aryl methyl sites for hydroxylation is 1. The minimum Gasteiger partial charge on any atom is -0.380 e. The summed E-state index contributed by atoms with van der Waals surface area (Å²) in [5.41, 5.74) is 4.77. The first kappa shape index (κ1) is 15.4. The first-order valence-electron chi connectivity index (χ1n) is 5.64. The average Bonchev–Trinajstić information content (AvgIpc) is 2.57. The van der Waals surface area contributed by atoms with E-state index in [0.717, 1.165) is 0 Å². The first-order valence-corrected chi connectivity index (χ1v) is 7.88. The number of nitrogens with two attached hydrogens (primary N) is 1. The Labute approximate surface area is 125 Å². The minimum atomic E-state index is -4.13. The van der Waals surface area contributed by atoms with Crippen molar-refractivity contribution in [2.24, 2.45) is 5.41 Å². The van der Waals surface area contributed by atoms with Gasteiger partial charge < -0.3 is 10.3 Å². The van der Waals surface area contributed by atoms with E-state index in [1.807, 2.05) is 4.72 Å². The number of alkyl halides is 2. The maximum atomic E-state index is 12.0. The molecular formula is C10H13Cl2N3O4S. The number of nitrogen functional groups attached to an aromatic ring is 1. The molecule has 1 atom stereocenters. The van der Waals surface area contributed by atoms with Crippen LogP contribution in [-0.2, 0) is 14.8 Å². The molecule has 0 aromatic carbocycles. The van der Waals surface area contributed by atoms with Gasteiger partial charge in [0.25, 0.3) is 10.0 Å². The Morgan fingerprint density at radius 1 is 1.55 bits per heavy atom. The molecule has 7 nitrogen and oxygen atoms in total. The van der Waals surface area contributed by atoms with Crippen LogP contribution in [-0.4, -0.2) is 23.8 Å². The number of hydrogen-bond donors (Lipinski definition) is 2. The third kappa shape index (κ3) is 2.59. The number of carbonyl (C=O) groups excluding carboxylic acids is 1. The van der Waals surface area contributed by atoms with Gasteiger partial charge in [0.2, 0.25) is 5.91 Å². The summed E-state index contributed by atoms with van der Waals surface area (Å²) < 4.78 is 29.6. The van der Waals surface area contributed by atoms with Gasteiger partial charge in [0.1, 0.15) is 4.33 Å². The molecule has 1 heterocycles. The number of nitrogens with one attached hydrogen (secondary N) is 1. The van der Waals surface area contributed by atoms with Gasteiger partial charge in [-0.3, -0.25) is 4.79 Å². The quantitative estimate of drug-likeness (QED) is 0.798. The number of halogens is 2. The Kier molecular flexibility index (Phi) is 3.47. The fraction of sp³-hybridized carbons (Fsp3) is 0.600. The Balaban J connectivity index is 2.12. The van der Waals surface area contributed by atoms with Crippen LogP contribution in [0.3, 0.4) is 0 Å². The van der Waals surface area contributed by atoms with E-state index >= 15 is 0 Å². The number of aromatic nitrogens is 1. The molecular weight excluding hydrogens is 329 g/mol. The second-order valence-electron chi connectivity index (χ2n) is 5.10. The predicted molar refractivity (Wildman–Crippen MR) is 72.8 cm³/mol. The summed E-state index contributed by atoms with van der Waals surface area (Å²) in [5.74, 6) is -1.01. The highest BCUT2D eigenvalue weighted by Crippen LogP contribution is 2.65. The first-order chi connectivity index (χ1) is 8.98.